The molecule has 3 radical (unpaired) electrons. The van der Waals surface area contributed by atoms with Crippen molar-refractivity contribution in [3.63, 3.8) is 0 Å². The summed E-state index contributed by atoms with van der Waals surface area (Å²) >= 11 is 0. The first kappa shape index (κ1) is 6.30. The maximum absolute atomic E-state index is 5.23. The summed E-state index contributed by atoms with van der Waals surface area (Å²) in [6.45, 7) is 4.14. The standard InChI is InChI=1S/C6H11OSi/c1-5-2-7-3-6(5)4-8/h5-6H,2-4H2,1H3/t5-,6-/m1/s1. The third kappa shape index (κ3) is 1.12. The van der Waals surface area contributed by atoms with Gasteiger partial charge in [0.25, 0.3) is 0 Å². The van der Waals surface area contributed by atoms with E-state index in [0.29, 0.717) is 0 Å². The van der Waals surface area contributed by atoms with Crippen LogP contribution in [0.2, 0.25) is 6.04 Å². The Bertz CT molecular complexity index is 74.9. The zero-order valence-electron chi connectivity index (χ0n) is 5.18. The Morgan fingerprint density at radius 1 is 1.62 bits per heavy atom. The highest BCUT2D eigenvalue weighted by Crippen LogP contribution is 2.21. The van der Waals surface area contributed by atoms with Crippen LogP contribution in [0.15, 0.2) is 0 Å². The molecule has 0 aliphatic carbocycles. The van der Waals surface area contributed by atoms with Gasteiger partial charge in [-0.3, -0.25) is 0 Å². The van der Waals surface area contributed by atoms with Crippen LogP contribution >= 0.6 is 0 Å². The molecule has 1 saturated heterocycles. The maximum Gasteiger partial charge on any atom is 0.0495 e. The first-order chi connectivity index (χ1) is 3.84. The minimum atomic E-state index is 0.756. The van der Waals surface area contributed by atoms with E-state index in [1.54, 1.807) is 0 Å². The number of rotatable bonds is 1. The van der Waals surface area contributed by atoms with Crippen LogP contribution in [0.5, 0.6) is 0 Å². The SMILES string of the molecule is C[C@@H]1COC[C@@H]1C[Si]. The molecule has 8 heavy (non-hydrogen) atoms. The van der Waals surface area contributed by atoms with E-state index >= 15 is 0 Å². The maximum atomic E-state index is 5.23. The van der Waals surface area contributed by atoms with Gasteiger partial charge in [0.05, 0.1) is 0 Å². The second-order valence-corrected chi connectivity index (χ2v) is 2.89. The molecule has 0 spiro atoms. The number of ether oxygens (including phenoxy) is 1. The lowest BCUT2D eigenvalue weighted by atomic mass is 10.0. The molecule has 1 aliphatic rings. The van der Waals surface area contributed by atoms with Gasteiger partial charge < -0.3 is 4.74 Å². The van der Waals surface area contributed by atoms with Crippen molar-refractivity contribution in [3.05, 3.63) is 0 Å². The molecular weight excluding hydrogens is 116 g/mol. The molecule has 0 unspecified atom stereocenters. The second kappa shape index (κ2) is 2.64. The summed E-state index contributed by atoms with van der Waals surface area (Å²) in [6, 6.07) is 1.08. The summed E-state index contributed by atoms with van der Waals surface area (Å²) in [6.07, 6.45) is 0. The summed E-state index contributed by atoms with van der Waals surface area (Å²) in [4.78, 5) is 0. The molecule has 2 atom stereocenters. The van der Waals surface area contributed by atoms with E-state index in [1.165, 1.54) is 0 Å². The minimum absolute atomic E-state index is 0.756. The predicted octanol–water partition coefficient (Wildman–Crippen LogP) is 0.856. The number of hydrogen-bond donors (Lipinski definition) is 0. The Morgan fingerprint density at radius 3 is 2.62 bits per heavy atom. The van der Waals surface area contributed by atoms with E-state index < -0.39 is 0 Å². The summed E-state index contributed by atoms with van der Waals surface area (Å²) in [5.74, 6) is 1.51. The van der Waals surface area contributed by atoms with Crippen LogP contribution in [0.1, 0.15) is 6.92 Å². The highest BCUT2D eigenvalue weighted by Gasteiger charge is 2.21. The lowest BCUT2D eigenvalue weighted by Crippen LogP contribution is -2.06. The molecule has 0 N–H and O–H groups in total. The zero-order valence-corrected chi connectivity index (χ0v) is 6.18. The topological polar surface area (TPSA) is 9.23 Å². The van der Waals surface area contributed by atoms with Gasteiger partial charge in [0.2, 0.25) is 0 Å². The molecule has 0 aromatic rings. The van der Waals surface area contributed by atoms with Crippen molar-refractivity contribution >= 4 is 10.2 Å². The molecule has 0 aromatic heterocycles. The normalized spacial score (nSPS) is 38.2. The Hall–Kier alpha value is 0.177. The van der Waals surface area contributed by atoms with Crippen molar-refractivity contribution in [1.82, 2.24) is 0 Å². The van der Waals surface area contributed by atoms with Gasteiger partial charge in [0.1, 0.15) is 0 Å². The van der Waals surface area contributed by atoms with Crippen molar-refractivity contribution in [1.29, 1.82) is 0 Å². The molecule has 45 valence electrons. The quantitative estimate of drug-likeness (QED) is 0.475. The summed E-state index contributed by atoms with van der Waals surface area (Å²) in [5.41, 5.74) is 0. The smallest absolute Gasteiger partial charge is 0.0495 e. The highest BCUT2D eigenvalue weighted by molar-refractivity contribution is 6.08. The third-order valence-electron chi connectivity index (χ3n) is 1.78. The highest BCUT2D eigenvalue weighted by atomic mass is 28.1. The molecule has 1 rings (SSSR count). The van der Waals surface area contributed by atoms with E-state index in [-0.39, 0.29) is 0 Å². The van der Waals surface area contributed by atoms with Crippen LogP contribution in [0, 0.1) is 11.8 Å². The molecule has 0 bridgehead atoms. The Morgan fingerprint density at radius 2 is 2.38 bits per heavy atom. The lowest BCUT2D eigenvalue weighted by Gasteiger charge is -2.07. The van der Waals surface area contributed by atoms with Crippen molar-refractivity contribution in [2.75, 3.05) is 13.2 Å². The van der Waals surface area contributed by atoms with Crippen molar-refractivity contribution in [2.45, 2.75) is 13.0 Å². The molecule has 1 fully saturated rings. The summed E-state index contributed by atoms with van der Waals surface area (Å²) < 4.78 is 5.23. The fraction of sp³-hybridized carbons (Fsp3) is 1.00. The fourth-order valence-corrected chi connectivity index (χ4v) is 1.49. The van der Waals surface area contributed by atoms with E-state index in [9.17, 15) is 0 Å². The average Bonchev–Trinajstić information content (AvgIpc) is 2.14. The minimum Gasteiger partial charge on any atom is -0.381 e. The molecule has 1 aliphatic heterocycles. The van der Waals surface area contributed by atoms with Crippen LogP contribution in [-0.4, -0.2) is 23.5 Å². The van der Waals surface area contributed by atoms with Crippen LogP contribution in [-0.2, 0) is 4.74 Å². The molecule has 2 heteroatoms. The third-order valence-corrected chi connectivity index (χ3v) is 2.30. The monoisotopic (exact) mass is 127 g/mol. The van der Waals surface area contributed by atoms with Crippen molar-refractivity contribution in [2.24, 2.45) is 11.8 Å². The van der Waals surface area contributed by atoms with Gasteiger partial charge in [-0.15, -0.1) is 0 Å². The van der Waals surface area contributed by atoms with Gasteiger partial charge in [0, 0.05) is 23.5 Å². The van der Waals surface area contributed by atoms with Crippen molar-refractivity contribution < 1.29 is 4.74 Å². The van der Waals surface area contributed by atoms with E-state index in [1.807, 2.05) is 0 Å². The lowest BCUT2D eigenvalue weighted by molar-refractivity contribution is 0.183. The Labute approximate surface area is 53.8 Å². The summed E-state index contributed by atoms with van der Waals surface area (Å²) in [7, 11) is 3.48. The molecule has 1 nitrogen and oxygen atoms in total. The van der Waals surface area contributed by atoms with Crippen molar-refractivity contribution in [3.8, 4) is 0 Å². The van der Waals surface area contributed by atoms with Gasteiger partial charge >= 0.3 is 0 Å². The zero-order chi connectivity index (χ0) is 5.98. The van der Waals surface area contributed by atoms with Gasteiger partial charge in [-0.2, -0.15) is 0 Å². The van der Waals surface area contributed by atoms with E-state index in [2.05, 4.69) is 17.2 Å². The Kier molecular flexibility index (Phi) is 2.08. The largest absolute Gasteiger partial charge is 0.381 e. The molecule has 0 amide bonds. The predicted molar refractivity (Wildman–Crippen MR) is 34.0 cm³/mol. The molecular formula is C6H11OSi. The molecule has 0 aromatic carbocycles. The number of hydrogen-bond acceptors (Lipinski definition) is 1. The summed E-state index contributed by atoms with van der Waals surface area (Å²) in [5, 5.41) is 0. The van der Waals surface area contributed by atoms with Gasteiger partial charge in [0.15, 0.2) is 0 Å². The van der Waals surface area contributed by atoms with E-state index in [0.717, 1.165) is 31.1 Å². The fourth-order valence-electron chi connectivity index (χ4n) is 0.966. The van der Waals surface area contributed by atoms with Crippen LogP contribution in [0.3, 0.4) is 0 Å². The van der Waals surface area contributed by atoms with Gasteiger partial charge in [-0.05, 0) is 11.8 Å². The van der Waals surface area contributed by atoms with Crippen LogP contribution in [0.4, 0.5) is 0 Å². The first-order valence-electron chi connectivity index (χ1n) is 3.07. The Balaban J connectivity index is 2.30. The first-order valence-corrected chi connectivity index (χ1v) is 3.77. The average molecular weight is 127 g/mol. The second-order valence-electron chi connectivity index (χ2n) is 2.48. The molecule has 1 heterocycles. The van der Waals surface area contributed by atoms with Gasteiger partial charge in [-0.25, -0.2) is 0 Å². The van der Waals surface area contributed by atoms with Crippen LogP contribution < -0.4 is 0 Å². The van der Waals surface area contributed by atoms with Gasteiger partial charge in [-0.1, -0.05) is 13.0 Å². The molecule has 0 saturated carbocycles. The van der Waals surface area contributed by atoms with Crippen LogP contribution in [0.25, 0.3) is 0 Å². The van der Waals surface area contributed by atoms with E-state index in [4.69, 9.17) is 4.74 Å².